The van der Waals surface area contributed by atoms with Crippen LogP contribution in [0.3, 0.4) is 0 Å². The van der Waals surface area contributed by atoms with Gasteiger partial charge in [0.2, 0.25) is 0 Å². The first-order valence-electron chi connectivity index (χ1n) is 10.0. The van der Waals surface area contributed by atoms with Gasteiger partial charge in [0.05, 0.1) is 0 Å². The Labute approximate surface area is 167 Å². The summed E-state index contributed by atoms with van der Waals surface area (Å²) < 4.78 is 0. The van der Waals surface area contributed by atoms with Gasteiger partial charge in [-0.1, -0.05) is 36.8 Å². The quantitative estimate of drug-likeness (QED) is 0.467. The summed E-state index contributed by atoms with van der Waals surface area (Å²) in [5.74, 6) is -0.750. The summed E-state index contributed by atoms with van der Waals surface area (Å²) in [5.41, 5.74) is 1.30. The minimum Gasteiger partial charge on any atom is -0.348 e. The molecule has 0 aromatic heterocycles. The van der Waals surface area contributed by atoms with Crippen molar-refractivity contribution < 1.29 is 14.4 Å². The van der Waals surface area contributed by atoms with Crippen molar-refractivity contribution in [1.29, 1.82) is 0 Å². The summed E-state index contributed by atoms with van der Waals surface area (Å²) >= 11 is 0. The second-order valence-corrected chi connectivity index (χ2v) is 7.53. The molecule has 0 heterocycles. The zero-order chi connectivity index (χ0) is 20.4. The monoisotopic (exact) mass is 388 g/mol. The van der Waals surface area contributed by atoms with Crippen LogP contribution in [0.4, 0.5) is 4.79 Å². The number of amides is 4. The molecule has 2 atom stereocenters. The summed E-state index contributed by atoms with van der Waals surface area (Å²) in [5, 5.41) is 8.24. The summed E-state index contributed by atoms with van der Waals surface area (Å²) in [6.07, 6.45) is 5.67. The van der Waals surface area contributed by atoms with E-state index >= 15 is 0 Å². The molecule has 0 saturated heterocycles. The fraction of sp³-hybridized carbons (Fsp3) is 0.571. The number of hydrogen-bond acceptors (Lipinski definition) is 3. The molecule has 7 heteroatoms. The molecule has 4 amide bonds. The lowest BCUT2D eigenvalue weighted by atomic mass is 9.95. The van der Waals surface area contributed by atoms with Crippen molar-refractivity contribution in [2.24, 2.45) is 5.92 Å². The predicted octanol–water partition coefficient (Wildman–Crippen LogP) is 1.68. The first-order valence-corrected chi connectivity index (χ1v) is 10.0. The molecule has 7 nitrogen and oxygen atoms in total. The van der Waals surface area contributed by atoms with E-state index in [0.29, 0.717) is 25.4 Å². The van der Waals surface area contributed by atoms with Gasteiger partial charge in [-0.3, -0.25) is 9.59 Å². The standard InChI is InChI=1S/C21H32N4O3/c1-25(2)21(28)23-15-7-14-22-19(26)20(27)24-18-11-6-10-17(18)13-12-16-8-4-3-5-9-16/h3-5,8-9,17-18H,6-7,10-15H2,1-2H3,(H,22,26)(H,23,28)(H,24,27). The Morgan fingerprint density at radius 2 is 1.71 bits per heavy atom. The van der Waals surface area contributed by atoms with Crippen molar-refractivity contribution >= 4 is 17.8 Å². The van der Waals surface area contributed by atoms with Gasteiger partial charge in [-0.25, -0.2) is 4.79 Å². The zero-order valence-corrected chi connectivity index (χ0v) is 16.9. The Morgan fingerprint density at radius 1 is 1.00 bits per heavy atom. The van der Waals surface area contributed by atoms with Crippen molar-refractivity contribution in [2.75, 3.05) is 27.2 Å². The van der Waals surface area contributed by atoms with Gasteiger partial charge in [0.15, 0.2) is 0 Å². The lowest BCUT2D eigenvalue weighted by Gasteiger charge is -2.21. The van der Waals surface area contributed by atoms with Crippen LogP contribution in [0.1, 0.15) is 37.7 Å². The van der Waals surface area contributed by atoms with Crippen LogP contribution in [0, 0.1) is 5.92 Å². The number of nitrogens with zero attached hydrogens (tertiary/aromatic N) is 1. The zero-order valence-electron chi connectivity index (χ0n) is 16.9. The normalized spacial score (nSPS) is 18.4. The molecule has 1 saturated carbocycles. The third kappa shape index (κ3) is 7.21. The van der Waals surface area contributed by atoms with E-state index < -0.39 is 11.8 Å². The largest absolute Gasteiger partial charge is 0.348 e. The minimum absolute atomic E-state index is 0.0707. The maximum absolute atomic E-state index is 12.2. The average Bonchev–Trinajstić information content (AvgIpc) is 3.13. The number of carbonyl (C=O) groups is 3. The van der Waals surface area contributed by atoms with Crippen LogP contribution in [0.5, 0.6) is 0 Å². The van der Waals surface area contributed by atoms with E-state index in [9.17, 15) is 14.4 Å². The molecule has 0 bridgehead atoms. The van der Waals surface area contributed by atoms with Crippen molar-refractivity contribution in [1.82, 2.24) is 20.9 Å². The minimum atomic E-state index is -0.604. The molecule has 2 unspecified atom stereocenters. The molecular formula is C21H32N4O3. The second kappa shape index (κ2) is 11.3. The highest BCUT2D eigenvalue weighted by Crippen LogP contribution is 2.29. The highest BCUT2D eigenvalue weighted by molar-refractivity contribution is 6.35. The van der Waals surface area contributed by atoms with Crippen LogP contribution in [0.25, 0.3) is 0 Å². The number of nitrogens with one attached hydrogen (secondary N) is 3. The second-order valence-electron chi connectivity index (χ2n) is 7.53. The number of carbonyl (C=O) groups excluding carboxylic acids is 3. The van der Waals surface area contributed by atoms with Gasteiger partial charge in [0.25, 0.3) is 0 Å². The highest BCUT2D eigenvalue weighted by Gasteiger charge is 2.29. The van der Waals surface area contributed by atoms with E-state index in [2.05, 4.69) is 28.1 Å². The predicted molar refractivity (Wildman–Crippen MR) is 109 cm³/mol. The van der Waals surface area contributed by atoms with Crippen LogP contribution < -0.4 is 16.0 Å². The Morgan fingerprint density at radius 3 is 2.43 bits per heavy atom. The molecule has 28 heavy (non-hydrogen) atoms. The molecule has 1 fully saturated rings. The van der Waals surface area contributed by atoms with Crippen LogP contribution in [0.15, 0.2) is 30.3 Å². The molecule has 2 rings (SSSR count). The van der Waals surface area contributed by atoms with E-state index in [1.807, 2.05) is 18.2 Å². The molecule has 154 valence electrons. The molecular weight excluding hydrogens is 356 g/mol. The van der Waals surface area contributed by atoms with Gasteiger partial charge in [-0.05, 0) is 43.6 Å². The van der Waals surface area contributed by atoms with Crippen LogP contribution in [-0.4, -0.2) is 56.0 Å². The van der Waals surface area contributed by atoms with Gasteiger partial charge < -0.3 is 20.9 Å². The maximum atomic E-state index is 12.2. The maximum Gasteiger partial charge on any atom is 0.316 e. The van der Waals surface area contributed by atoms with Gasteiger partial charge in [-0.15, -0.1) is 0 Å². The van der Waals surface area contributed by atoms with Gasteiger partial charge >= 0.3 is 17.8 Å². The lowest BCUT2D eigenvalue weighted by molar-refractivity contribution is -0.139. The number of hydrogen-bond donors (Lipinski definition) is 3. The third-order valence-electron chi connectivity index (χ3n) is 5.15. The van der Waals surface area contributed by atoms with Crippen molar-refractivity contribution in [3.05, 3.63) is 35.9 Å². The molecule has 1 aliphatic carbocycles. The summed E-state index contributed by atoms with van der Waals surface area (Å²) in [6, 6.07) is 10.2. The van der Waals surface area contributed by atoms with Gasteiger partial charge in [0, 0.05) is 33.2 Å². The van der Waals surface area contributed by atoms with Crippen molar-refractivity contribution in [3.8, 4) is 0 Å². The van der Waals surface area contributed by atoms with E-state index in [0.717, 1.165) is 32.1 Å². The van der Waals surface area contributed by atoms with E-state index in [4.69, 9.17) is 0 Å². The molecule has 0 radical (unpaired) electrons. The molecule has 1 aliphatic rings. The Kier molecular flexibility index (Phi) is 8.78. The fourth-order valence-electron chi connectivity index (χ4n) is 3.53. The number of rotatable bonds is 8. The van der Waals surface area contributed by atoms with Crippen molar-refractivity contribution in [3.63, 3.8) is 0 Å². The summed E-state index contributed by atoms with van der Waals surface area (Å²) in [4.78, 5) is 37.0. The highest BCUT2D eigenvalue weighted by atomic mass is 16.2. The fourth-order valence-corrected chi connectivity index (χ4v) is 3.53. The Balaban J connectivity index is 1.66. The molecule has 3 N–H and O–H groups in total. The number of benzene rings is 1. The van der Waals surface area contributed by atoms with E-state index in [1.54, 1.807) is 14.1 Å². The Hall–Kier alpha value is -2.57. The molecule has 0 spiro atoms. The first kappa shape index (κ1) is 21.7. The molecule has 1 aromatic rings. The molecule has 0 aliphatic heterocycles. The molecule has 1 aromatic carbocycles. The van der Waals surface area contributed by atoms with Crippen molar-refractivity contribution in [2.45, 2.75) is 44.6 Å². The smallest absolute Gasteiger partial charge is 0.316 e. The summed E-state index contributed by atoms with van der Waals surface area (Å²) in [6.45, 7) is 0.797. The van der Waals surface area contributed by atoms with Crippen LogP contribution in [-0.2, 0) is 16.0 Å². The van der Waals surface area contributed by atoms with Gasteiger partial charge in [0.1, 0.15) is 0 Å². The number of aryl methyl sites for hydroxylation is 1. The number of urea groups is 1. The lowest BCUT2D eigenvalue weighted by Crippen LogP contribution is -2.46. The third-order valence-corrected chi connectivity index (χ3v) is 5.15. The average molecular weight is 389 g/mol. The first-order chi connectivity index (χ1) is 13.5. The SMILES string of the molecule is CN(C)C(=O)NCCCNC(=O)C(=O)NC1CCCC1CCc1ccccc1. The topological polar surface area (TPSA) is 90.5 Å². The van der Waals surface area contributed by atoms with E-state index in [1.165, 1.54) is 10.5 Å². The van der Waals surface area contributed by atoms with Crippen LogP contribution >= 0.6 is 0 Å². The van der Waals surface area contributed by atoms with Gasteiger partial charge in [-0.2, -0.15) is 0 Å². The van der Waals surface area contributed by atoms with E-state index in [-0.39, 0.29) is 12.1 Å². The Bertz CT molecular complexity index is 648. The summed E-state index contributed by atoms with van der Waals surface area (Å²) in [7, 11) is 3.33. The van der Waals surface area contributed by atoms with Crippen LogP contribution in [0.2, 0.25) is 0 Å².